The topological polar surface area (TPSA) is 65.2 Å². The zero-order chi connectivity index (χ0) is 9.80. The van der Waals surface area contributed by atoms with Crippen LogP contribution in [0.15, 0.2) is 33.4 Å². The van der Waals surface area contributed by atoms with Gasteiger partial charge in [0.25, 0.3) is 0 Å². The number of hydrogen-bond donors (Lipinski definition) is 1. The molecule has 4 heteroatoms. The largest absolute Gasteiger partial charge is 0.461 e. The summed E-state index contributed by atoms with van der Waals surface area (Å²) >= 11 is 0. The van der Waals surface area contributed by atoms with Crippen LogP contribution in [0.5, 0.6) is 0 Å². The minimum absolute atomic E-state index is 0.651. The first kappa shape index (κ1) is 9.02. The molecule has 14 heavy (non-hydrogen) atoms. The second kappa shape index (κ2) is 4.11. The molecule has 2 heterocycles. The number of nitrogens with two attached hydrogens (primary N) is 1. The van der Waals surface area contributed by atoms with Crippen LogP contribution in [0.2, 0.25) is 0 Å². The summed E-state index contributed by atoms with van der Waals surface area (Å²) in [6, 6.07) is 3.66. The van der Waals surface area contributed by atoms with Crippen molar-refractivity contribution >= 4 is 0 Å². The summed E-state index contributed by atoms with van der Waals surface area (Å²) in [5.41, 5.74) is 5.39. The van der Waals surface area contributed by atoms with Crippen molar-refractivity contribution in [2.75, 3.05) is 6.54 Å². The summed E-state index contributed by atoms with van der Waals surface area (Å²) in [6.07, 6.45) is 4.94. The first-order valence-corrected chi connectivity index (χ1v) is 4.59. The number of furan rings is 1. The molecule has 0 aliphatic carbocycles. The predicted molar refractivity (Wildman–Crippen MR) is 51.6 cm³/mol. The van der Waals surface area contributed by atoms with Crippen LogP contribution in [0.1, 0.15) is 12.3 Å². The molecule has 0 unspecified atom stereocenters. The van der Waals surface area contributed by atoms with Gasteiger partial charge in [0, 0.05) is 6.42 Å². The van der Waals surface area contributed by atoms with Crippen molar-refractivity contribution < 1.29 is 8.83 Å². The van der Waals surface area contributed by atoms with Crippen molar-refractivity contribution in [3.05, 3.63) is 30.5 Å². The second-order valence-electron chi connectivity index (χ2n) is 2.99. The molecular formula is C10H12N2O2. The van der Waals surface area contributed by atoms with Gasteiger partial charge in [0.2, 0.25) is 0 Å². The van der Waals surface area contributed by atoms with E-state index in [1.54, 1.807) is 12.5 Å². The SMILES string of the molecule is NCCCc1ncc(-c2ccco2)o1. The molecule has 0 aliphatic heterocycles. The van der Waals surface area contributed by atoms with Crippen LogP contribution >= 0.6 is 0 Å². The number of hydrogen-bond acceptors (Lipinski definition) is 4. The zero-order valence-corrected chi connectivity index (χ0v) is 7.77. The average molecular weight is 192 g/mol. The Kier molecular flexibility index (Phi) is 2.65. The summed E-state index contributed by atoms with van der Waals surface area (Å²) in [5.74, 6) is 2.08. The maximum absolute atomic E-state index is 5.47. The van der Waals surface area contributed by atoms with Gasteiger partial charge in [-0.05, 0) is 25.1 Å². The van der Waals surface area contributed by atoms with Gasteiger partial charge in [-0.1, -0.05) is 0 Å². The number of rotatable bonds is 4. The Morgan fingerprint density at radius 1 is 1.36 bits per heavy atom. The number of oxazole rings is 1. The van der Waals surface area contributed by atoms with Crippen LogP contribution < -0.4 is 5.73 Å². The smallest absolute Gasteiger partial charge is 0.195 e. The summed E-state index contributed by atoms with van der Waals surface area (Å²) in [7, 11) is 0. The van der Waals surface area contributed by atoms with Crippen LogP contribution in [0, 0.1) is 0 Å². The molecular weight excluding hydrogens is 180 g/mol. The number of aromatic nitrogens is 1. The molecule has 2 N–H and O–H groups in total. The summed E-state index contributed by atoms with van der Waals surface area (Å²) < 4.78 is 10.6. The van der Waals surface area contributed by atoms with Gasteiger partial charge < -0.3 is 14.6 Å². The molecule has 0 aliphatic rings. The van der Waals surface area contributed by atoms with E-state index < -0.39 is 0 Å². The van der Waals surface area contributed by atoms with Crippen LogP contribution in [0.25, 0.3) is 11.5 Å². The lowest BCUT2D eigenvalue weighted by Crippen LogP contribution is -2.00. The van der Waals surface area contributed by atoms with Crippen molar-refractivity contribution in [1.82, 2.24) is 4.98 Å². The highest BCUT2D eigenvalue weighted by molar-refractivity contribution is 5.47. The van der Waals surface area contributed by atoms with Gasteiger partial charge in [-0.25, -0.2) is 4.98 Å². The van der Waals surface area contributed by atoms with Crippen molar-refractivity contribution in [1.29, 1.82) is 0 Å². The molecule has 0 bridgehead atoms. The van der Waals surface area contributed by atoms with Crippen LogP contribution in [-0.2, 0) is 6.42 Å². The Morgan fingerprint density at radius 2 is 2.29 bits per heavy atom. The summed E-state index contributed by atoms with van der Waals surface area (Å²) in [5, 5.41) is 0. The molecule has 2 rings (SSSR count). The lowest BCUT2D eigenvalue weighted by atomic mass is 10.3. The van der Waals surface area contributed by atoms with Crippen molar-refractivity contribution in [3.63, 3.8) is 0 Å². The minimum Gasteiger partial charge on any atom is -0.461 e. The van der Waals surface area contributed by atoms with E-state index in [2.05, 4.69) is 4.98 Å². The molecule has 2 aromatic rings. The first-order valence-electron chi connectivity index (χ1n) is 4.59. The highest BCUT2D eigenvalue weighted by atomic mass is 16.4. The molecule has 0 fully saturated rings. The standard InChI is InChI=1S/C10H12N2O2/c11-5-1-4-10-12-7-9(14-10)8-3-2-6-13-8/h2-3,6-7H,1,4-5,11H2. The Hall–Kier alpha value is -1.55. The van der Waals surface area contributed by atoms with E-state index >= 15 is 0 Å². The third-order valence-corrected chi connectivity index (χ3v) is 1.91. The number of nitrogens with zero attached hydrogens (tertiary/aromatic N) is 1. The lowest BCUT2D eigenvalue weighted by Gasteiger charge is -1.91. The molecule has 0 amide bonds. The second-order valence-corrected chi connectivity index (χ2v) is 2.99. The summed E-state index contributed by atoms with van der Waals surface area (Å²) in [4.78, 5) is 4.13. The van der Waals surface area contributed by atoms with Gasteiger partial charge in [-0.3, -0.25) is 0 Å². The Labute approximate surface area is 81.7 Å². The van der Waals surface area contributed by atoms with Gasteiger partial charge in [0.1, 0.15) is 0 Å². The minimum atomic E-state index is 0.651. The average Bonchev–Trinajstić information content (AvgIpc) is 2.85. The van der Waals surface area contributed by atoms with E-state index in [-0.39, 0.29) is 0 Å². The fraction of sp³-hybridized carbons (Fsp3) is 0.300. The highest BCUT2D eigenvalue weighted by Crippen LogP contribution is 2.20. The van der Waals surface area contributed by atoms with Gasteiger partial charge >= 0.3 is 0 Å². The monoisotopic (exact) mass is 192 g/mol. The molecule has 0 aromatic carbocycles. The van der Waals surface area contributed by atoms with E-state index in [0.29, 0.717) is 24.0 Å². The third-order valence-electron chi connectivity index (χ3n) is 1.91. The predicted octanol–water partition coefficient (Wildman–Crippen LogP) is 1.83. The van der Waals surface area contributed by atoms with Crippen LogP contribution in [-0.4, -0.2) is 11.5 Å². The van der Waals surface area contributed by atoms with Gasteiger partial charge in [0.15, 0.2) is 17.4 Å². The summed E-state index contributed by atoms with van der Waals surface area (Å²) in [6.45, 7) is 0.651. The van der Waals surface area contributed by atoms with E-state index in [1.165, 1.54) is 0 Å². The Bertz CT molecular complexity index is 378. The molecule has 0 saturated heterocycles. The lowest BCUT2D eigenvalue weighted by molar-refractivity contribution is 0.477. The van der Waals surface area contributed by atoms with Crippen molar-refractivity contribution in [2.45, 2.75) is 12.8 Å². The molecule has 4 nitrogen and oxygen atoms in total. The Balaban J connectivity index is 2.10. The van der Waals surface area contributed by atoms with Crippen molar-refractivity contribution in [3.8, 4) is 11.5 Å². The fourth-order valence-corrected chi connectivity index (χ4v) is 1.21. The normalized spacial score (nSPS) is 10.6. The van der Waals surface area contributed by atoms with Crippen LogP contribution in [0.4, 0.5) is 0 Å². The molecule has 0 atom stereocenters. The van der Waals surface area contributed by atoms with Crippen molar-refractivity contribution in [2.24, 2.45) is 5.73 Å². The van der Waals surface area contributed by atoms with E-state index in [1.807, 2.05) is 12.1 Å². The molecule has 2 aromatic heterocycles. The highest BCUT2D eigenvalue weighted by Gasteiger charge is 2.07. The van der Waals surface area contributed by atoms with Gasteiger partial charge in [0.05, 0.1) is 12.5 Å². The first-order chi connectivity index (χ1) is 6.90. The maximum Gasteiger partial charge on any atom is 0.195 e. The fourth-order valence-electron chi connectivity index (χ4n) is 1.21. The maximum atomic E-state index is 5.47. The van der Waals surface area contributed by atoms with E-state index in [9.17, 15) is 0 Å². The Morgan fingerprint density at radius 3 is 3.00 bits per heavy atom. The quantitative estimate of drug-likeness (QED) is 0.802. The van der Waals surface area contributed by atoms with E-state index in [0.717, 1.165) is 12.8 Å². The molecule has 0 spiro atoms. The third kappa shape index (κ3) is 1.85. The van der Waals surface area contributed by atoms with Gasteiger partial charge in [-0.15, -0.1) is 0 Å². The molecule has 0 radical (unpaired) electrons. The zero-order valence-electron chi connectivity index (χ0n) is 7.77. The van der Waals surface area contributed by atoms with Crippen LogP contribution in [0.3, 0.4) is 0 Å². The molecule has 0 saturated carbocycles. The van der Waals surface area contributed by atoms with Gasteiger partial charge in [-0.2, -0.15) is 0 Å². The van der Waals surface area contributed by atoms with E-state index in [4.69, 9.17) is 14.6 Å². The number of aryl methyl sites for hydroxylation is 1. The molecule has 74 valence electrons.